The van der Waals surface area contributed by atoms with Crippen LogP contribution >= 0.6 is 0 Å². The molecule has 1 fully saturated rings. The van der Waals surface area contributed by atoms with Gasteiger partial charge >= 0.3 is 0 Å². The lowest BCUT2D eigenvalue weighted by Gasteiger charge is -2.30. The number of rotatable bonds is 3. The predicted octanol–water partition coefficient (Wildman–Crippen LogP) is 5.55. The topological polar surface area (TPSA) is 12.9 Å². The first kappa shape index (κ1) is 15.1. The zero-order valence-electron chi connectivity index (χ0n) is 13.2. The average Bonchev–Trinajstić information content (AvgIpc) is 3.09. The molecule has 1 nitrogen and oxygen atoms in total. The maximum Gasteiger partial charge on any atom is 0.131 e. The van der Waals surface area contributed by atoms with E-state index in [1.807, 2.05) is 32.1 Å². The summed E-state index contributed by atoms with van der Waals surface area (Å²) in [5.74, 6) is -0.595. The summed E-state index contributed by atoms with van der Waals surface area (Å²) >= 11 is 0. The van der Waals surface area contributed by atoms with E-state index in [2.05, 4.69) is 18.0 Å². The lowest BCUT2D eigenvalue weighted by molar-refractivity contribution is 0.387. The van der Waals surface area contributed by atoms with Crippen molar-refractivity contribution < 1.29 is 8.78 Å². The van der Waals surface area contributed by atoms with Crippen LogP contribution in [-0.2, 0) is 0 Å². The van der Waals surface area contributed by atoms with Crippen molar-refractivity contribution in [3.05, 3.63) is 59.5 Å². The number of hydrogen-bond acceptors (Lipinski definition) is 1. The highest BCUT2D eigenvalue weighted by Gasteiger charge is 2.56. The number of aromatic nitrogens is 1. The molecule has 1 aromatic heterocycles. The molecule has 0 amide bonds. The fourth-order valence-electron chi connectivity index (χ4n) is 3.80. The molecule has 0 spiro atoms. The fraction of sp³-hybridized carbons (Fsp3) is 0.421. The molecule has 22 heavy (non-hydrogen) atoms. The summed E-state index contributed by atoms with van der Waals surface area (Å²) in [6, 6.07) is 3.77. The molecule has 3 rings (SSSR count). The number of nitrogens with zero attached hydrogens (tertiary/aromatic N) is 1. The third-order valence-electron chi connectivity index (χ3n) is 5.02. The molecular formula is C19H21F2N. The monoisotopic (exact) mass is 301 g/mol. The number of aryl methyl sites for hydroxylation is 1. The predicted molar refractivity (Wildman–Crippen MR) is 85.3 cm³/mol. The normalized spacial score (nSPS) is 31.6. The maximum absolute atomic E-state index is 14.6. The summed E-state index contributed by atoms with van der Waals surface area (Å²) in [5, 5.41) is 0. The molecule has 1 aromatic rings. The first-order chi connectivity index (χ1) is 10.5. The summed E-state index contributed by atoms with van der Waals surface area (Å²) in [6.45, 7) is 6.07. The Balaban J connectivity index is 2.12. The van der Waals surface area contributed by atoms with Gasteiger partial charge in [-0.25, -0.2) is 8.78 Å². The Labute approximate surface area is 130 Å². The molecule has 116 valence electrons. The third-order valence-corrected chi connectivity index (χ3v) is 5.02. The van der Waals surface area contributed by atoms with Gasteiger partial charge in [-0.05, 0) is 49.3 Å². The summed E-state index contributed by atoms with van der Waals surface area (Å²) in [4.78, 5) is 4.34. The molecule has 0 radical (unpaired) electrons. The number of hydrogen-bond donors (Lipinski definition) is 0. The molecule has 3 atom stereocenters. The Kier molecular flexibility index (Phi) is 3.75. The van der Waals surface area contributed by atoms with Crippen LogP contribution < -0.4 is 0 Å². The van der Waals surface area contributed by atoms with Crippen molar-refractivity contribution >= 4 is 5.57 Å². The van der Waals surface area contributed by atoms with Gasteiger partial charge in [0.2, 0.25) is 0 Å². The Bertz CT molecular complexity index is 686. The van der Waals surface area contributed by atoms with Gasteiger partial charge in [0.25, 0.3) is 0 Å². The van der Waals surface area contributed by atoms with Gasteiger partial charge in [0, 0.05) is 30.2 Å². The van der Waals surface area contributed by atoms with Crippen LogP contribution in [0.1, 0.15) is 37.9 Å². The van der Waals surface area contributed by atoms with Crippen LogP contribution in [0.4, 0.5) is 8.78 Å². The van der Waals surface area contributed by atoms with Crippen LogP contribution in [0.25, 0.3) is 5.57 Å². The van der Waals surface area contributed by atoms with E-state index in [4.69, 9.17) is 0 Å². The molecule has 0 N–H and O–H groups in total. The summed E-state index contributed by atoms with van der Waals surface area (Å²) in [5.41, 5.74) is 2.09. The molecule has 0 aromatic carbocycles. The molecule has 0 bridgehead atoms. The van der Waals surface area contributed by atoms with E-state index in [9.17, 15) is 8.78 Å². The van der Waals surface area contributed by atoms with Gasteiger partial charge in [-0.15, -0.1) is 0 Å². The molecule has 0 aliphatic heterocycles. The molecule has 3 unspecified atom stereocenters. The smallest absolute Gasteiger partial charge is 0.131 e. The fourth-order valence-corrected chi connectivity index (χ4v) is 3.80. The van der Waals surface area contributed by atoms with Crippen molar-refractivity contribution in [1.29, 1.82) is 0 Å². The molecule has 1 heterocycles. The van der Waals surface area contributed by atoms with Gasteiger partial charge in [0.05, 0.1) is 5.69 Å². The number of allylic oxidation sites excluding steroid dienone is 6. The summed E-state index contributed by atoms with van der Waals surface area (Å²) in [7, 11) is 0. The van der Waals surface area contributed by atoms with Crippen LogP contribution in [0.3, 0.4) is 0 Å². The summed E-state index contributed by atoms with van der Waals surface area (Å²) in [6.07, 6.45) is 8.06. The third kappa shape index (κ3) is 2.43. The number of pyridine rings is 1. The van der Waals surface area contributed by atoms with E-state index in [1.54, 1.807) is 6.20 Å². The Morgan fingerprint density at radius 3 is 2.68 bits per heavy atom. The van der Waals surface area contributed by atoms with Crippen molar-refractivity contribution in [3.8, 4) is 0 Å². The van der Waals surface area contributed by atoms with Gasteiger partial charge in [0.1, 0.15) is 11.7 Å². The Morgan fingerprint density at radius 2 is 2.09 bits per heavy atom. The van der Waals surface area contributed by atoms with E-state index >= 15 is 0 Å². The minimum Gasteiger partial charge on any atom is -0.256 e. The number of halogens is 2. The Morgan fingerprint density at radius 1 is 1.36 bits per heavy atom. The van der Waals surface area contributed by atoms with Gasteiger partial charge in [-0.1, -0.05) is 19.1 Å². The second-order valence-electron chi connectivity index (χ2n) is 6.55. The largest absolute Gasteiger partial charge is 0.256 e. The van der Waals surface area contributed by atoms with Crippen molar-refractivity contribution in [2.75, 3.05) is 0 Å². The molecule has 3 heteroatoms. The molecule has 1 saturated carbocycles. The van der Waals surface area contributed by atoms with Crippen LogP contribution in [0.15, 0.2) is 48.2 Å². The standard InChI is InChI=1S/C19H21F2N/c1-4-6-19(11-13(19)3)15-9-14(20)10-16(21)18(15)17-8-12(2)5-7-22-17/h4-8,10,13,15H,9,11H2,1-3H3. The van der Waals surface area contributed by atoms with Crippen molar-refractivity contribution in [3.63, 3.8) is 0 Å². The second-order valence-corrected chi connectivity index (χ2v) is 6.55. The average molecular weight is 301 g/mol. The quantitative estimate of drug-likeness (QED) is 0.667. The highest BCUT2D eigenvalue weighted by molar-refractivity contribution is 5.72. The van der Waals surface area contributed by atoms with Crippen LogP contribution in [0, 0.1) is 24.2 Å². The first-order valence-electron chi connectivity index (χ1n) is 7.80. The van der Waals surface area contributed by atoms with E-state index in [0.717, 1.165) is 18.1 Å². The van der Waals surface area contributed by atoms with Crippen molar-refractivity contribution in [1.82, 2.24) is 4.98 Å². The lowest BCUT2D eigenvalue weighted by Crippen LogP contribution is -2.21. The van der Waals surface area contributed by atoms with Crippen molar-refractivity contribution in [2.24, 2.45) is 17.3 Å². The van der Waals surface area contributed by atoms with Gasteiger partial charge in [-0.3, -0.25) is 4.98 Å². The van der Waals surface area contributed by atoms with Crippen molar-refractivity contribution in [2.45, 2.75) is 33.6 Å². The zero-order valence-corrected chi connectivity index (χ0v) is 13.2. The van der Waals surface area contributed by atoms with E-state index in [-0.39, 0.29) is 23.6 Å². The van der Waals surface area contributed by atoms with E-state index < -0.39 is 5.83 Å². The maximum atomic E-state index is 14.6. The molecule has 0 saturated heterocycles. The highest BCUT2D eigenvalue weighted by atomic mass is 19.1. The highest BCUT2D eigenvalue weighted by Crippen LogP contribution is 2.64. The SMILES string of the molecule is CC=CC1(C2CC(F)=CC(F)=C2c2cc(C)ccn2)CC1C. The lowest BCUT2D eigenvalue weighted by atomic mass is 9.75. The minimum absolute atomic E-state index is 0.140. The minimum atomic E-state index is -0.477. The van der Waals surface area contributed by atoms with E-state index in [1.165, 1.54) is 0 Å². The second kappa shape index (κ2) is 5.45. The van der Waals surface area contributed by atoms with Gasteiger partial charge < -0.3 is 0 Å². The van der Waals surface area contributed by atoms with E-state index in [0.29, 0.717) is 17.2 Å². The molecule has 2 aliphatic carbocycles. The van der Waals surface area contributed by atoms with Gasteiger partial charge in [0.15, 0.2) is 0 Å². The Hall–Kier alpha value is -1.77. The van der Waals surface area contributed by atoms with Crippen LogP contribution in [-0.4, -0.2) is 4.98 Å². The first-order valence-corrected chi connectivity index (χ1v) is 7.80. The summed E-state index contributed by atoms with van der Waals surface area (Å²) < 4.78 is 28.5. The molecule has 2 aliphatic rings. The van der Waals surface area contributed by atoms with Crippen LogP contribution in [0.2, 0.25) is 0 Å². The zero-order chi connectivity index (χ0) is 15.9. The van der Waals surface area contributed by atoms with Gasteiger partial charge in [-0.2, -0.15) is 0 Å². The molecular weight excluding hydrogens is 280 g/mol. The van der Waals surface area contributed by atoms with Crippen LogP contribution in [0.5, 0.6) is 0 Å².